The van der Waals surface area contributed by atoms with Crippen molar-refractivity contribution in [2.75, 3.05) is 5.32 Å². The first kappa shape index (κ1) is 20.9. The van der Waals surface area contributed by atoms with Crippen LogP contribution in [-0.2, 0) is 4.79 Å². The van der Waals surface area contributed by atoms with Gasteiger partial charge in [0, 0.05) is 5.56 Å². The van der Waals surface area contributed by atoms with E-state index < -0.39 is 18.2 Å². The van der Waals surface area contributed by atoms with Crippen molar-refractivity contribution in [3.63, 3.8) is 0 Å². The summed E-state index contributed by atoms with van der Waals surface area (Å²) >= 11 is 0. The molecule has 0 saturated carbocycles. The number of anilines is 1. The molecule has 0 aromatic heterocycles. The fraction of sp³-hybridized carbons (Fsp3) is 0.176. The number of carbonyl (C=O) groups is 2. The molecule has 1 amide bonds. The maximum absolute atomic E-state index is 13.3. The van der Waals surface area contributed by atoms with Crippen molar-refractivity contribution in [3.05, 3.63) is 53.3 Å². The number of halogens is 4. The summed E-state index contributed by atoms with van der Waals surface area (Å²) in [5.74, 6) is -3.03. The van der Waals surface area contributed by atoms with E-state index in [9.17, 15) is 22.4 Å². The molecule has 2 aromatic rings. The monoisotopic (exact) mass is 373 g/mol. The number of aliphatic carboxylic acids is 1. The molecule has 9 heteroatoms. The average molecular weight is 373 g/mol. The molecule has 5 nitrogen and oxygen atoms in total. The van der Waals surface area contributed by atoms with Crippen molar-refractivity contribution in [1.29, 1.82) is 0 Å². The Morgan fingerprint density at radius 1 is 1.00 bits per heavy atom. The zero-order valence-corrected chi connectivity index (χ0v) is 13.7. The molecule has 0 saturated heterocycles. The maximum atomic E-state index is 13.3. The molecule has 0 aliphatic rings. The number of carboxylic acids is 1. The molecule has 2 rings (SSSR count). The van der Waals surface area contributed by atoms with Crippen molar-refractivity contribution in [2.24, 2.45) is 0 Å². The number of hydrogen-bond acceptors (Lipinski definition) is 2. The molecule has 0 fully saturated rings. The van der Waals surface area contributed by atoms with E-state index in [2.05, 4.69) is 5.32 Å². The summed E-state index contributed by atoms with van der Waals surface area (Å²) in [6.07, 6.45) is -6.20. The van der Waals surface area contributed by atoms with E-state index in [1.807, 2.05) is 19.1 Å². The van der Waals surface area contributed by atoms with Crippen LogP contribution < -0.4 is 5.32 Å². The van der Waals surface area contributed by atoms with Gasteiger partial charge in [0.05, 0.1) is 5.69 Å². The molecule has 3 N–H and O–H groups in total. The number of benzene rings is 2. The molecular formula is C17H15F4NO4. The number of rotatable bonds is 2. The molecular weight excluding hydrogens is 358 g/mol. The van der Waals surface area contributed by atoms with Gasteiger partial charge >= 0.3 is 18.2 Å². The molecule has 0 bridgehead atoms. The van der Waals surface area contributed by atoms with Crippen LogP contribution in [0.4, 0.5) is 28.0 Å². The molecule has 140 valence electrons. The van der Waals surface area contributed by atoms with E-state index in [1.54, 1.807) is 25.1 Å². The van der Waals surface area contributed by atoms with Gasteiger partial charge in [-0.05, 0) is 48.7 Å². The Morgan fingerprint density at radius 3 is 2.04 bits per heavy atom. The zero-order chi connectivity index (χ0) is 20.1. The lowest BCUT2D eigenvalue weighted by atomic mass is 10.00. The molecule has 0 radical (unpaired) electrons. The number of alkyl halides is 3. The first-order chi connectivity index (χ1) is 11.9. The van der Waals surface area contributed by atoms with Crippen LogP contribution in [0.25, 0.3) is 11.1 Å². The van der Waals surface area contributed by atoms with Crippen molar-refractivity contribution in [2.45, 2.75) is 20.0 Å². The quantitative estimate of drug-likeness (QED) is 0.658. The summed E-state index contributed by atoms with van der Waals surface area (Å²) in [5.41, 5.74) is 3.49. The van der Waals surface area contributed by atoms with E-state index in [-0.39, 0.29) is 5.82 Å². The van der Waals surface area contributed by atoms with E-state index >= 15 is 0 Å². The predicted molar refractivity (Wildman–Crippen MR) is 86.6 cm³/mol. The molecule has 0 atom stereocenters. The van der Waals surface area contributed by atoms with E-state index in [0.29, 0.717) is 11.3 Å². The summed E-state index contributed by atoms with van der Waals surface area (Å²) in [6.45, 7) is 3.56. The van der Waals surface area contributed by atoms with Crippen molar-refractivity contribution in [3.8, 4) is 11.1 Å². The minimum Gasteiger partial charge on any atom is -0.475 e. The molecule has 0 aliphatic carbocycles. The van der Waals surface area contributed by atoms with Crippen molar-refractivity contribution < 1.29 is 37.4 Å². The highest BCUT2D eigenvalue weighted by Crippen LogP contribution is 2.30. The number of aryl methyl sites for hydroxylation is 2. The van der Waals surface area contributed by atoms with Crippen LogP contribution in [0.1, 0.15) is 11.1 Å². The topological polar surface area (TPSA) is 86.6 Å². The van der Waals surface area contributed by atoms with Gasteiger partial charge in [-0.3, -0.25) is 5.32 Å². The highest BCUT2D eigenvalue weighted by atomic mass is 19.4. The van der Waals surface area contributed by atoms with Crippen LogP contribution in [0, 0.1) is 19.7 Å². The fourth-order valence-corrected chi connectivity index (χ4v) is 1.94. The third kappa shape index (κ3) is 6.08. The third-order valence-electron chi connectivity index (χ3n) is 3.13. The first-order valence-corrected chi connectivity index (χ1v) is 7.09. The summed E-state index contributed by atoms with van der Waals surface area (Å²) in [6, 6.07) is 10.2. The lowest BCUT2D eigenvalue weighted by Crippen LogP contribution is -2.21. The number of hydrogen-bond donors (Lipinski definition) is 3. The Hall–Kier alpha value is -3.10. The summed E-state index contributed by atoms with van der Waals surface area (Å²) < 4.78 is 45.0. The first-order valence-electron chi connectivity index (χ1n) is 7.09. The number of amides is 1. The van der Waals surface area contributed by atoms with Gasteiger partial charge in [-0.15, -0.1) is 0 Å². The Labute approximate surface area is 145 Å². The van der Waals surface area contributed by atoms with Crippen LogP contribution in [0.3, 0.4) is 0 Å². The SMILES string of the molecule is Cc1ccc(-c2ccc(F)c(C)c2)c(NC(=O)O)c1.O=C(O)C(F)(F)F. The fourth-order valence-electron chi connectivity index (χ4n) is 1.94. The standard InChI is InChI=1S/C15H14FNO2.C2HF3O2/c1-9-3-5-12(14(7-9)17-15(18)19)11-4-6-13(16)10(2)8-11;3-2(4,5)1(6)7/h3-8,17H,1-2H3,(H,18,19);(H,6,7). The van der Waals surface area contributed by atoms with E-state index in [1.165, 1.54) is 6.07 Å². The normalized spacial score (nSPS) is 10.5. The molecule has 0 heterocycles. The maximum Gasteiger partial charge on any atom is 0.490 e. The number of nitrogens with one attached hydrogen (secondary N) is 1. The lowest BCUT2D eigenvalue weighted by Gasteiger charge is -2.11. The van der Waals surface area contributed by atoms with Gasteiger partial charge in [0.15, 0.2) is 0 Å². The Morgan fingerprint density at radius 2 is 1.58 bits per heavy atom. The minimum atomic E-state index is -5.08. The van der Waals surface area contributed by atoms with Gasteiger partial charge in [-0.2, -0.15) is 13.2 Å². The van der Waals surface area contributed by atoms with Gasteiger partial charge in [0.1, 0.15) is 5.82 Å². The van der Waals surface area contributed by atoms with Gasteiger partial charge in [0.2, 0.25) is 0 Å². The predicted octanol–water partition coefficient (Wildman–Crippen LogP) is 4.83. The van der Waals surface area contributed by atoms with Gasteiger partial charge in [-0.25, -0.2) is 14.0 Å². The smallest absolute Gasteiger partial charge is 0.475 e. The molecule has 2 aromatic carbocycles. The minimum absolute atomic E-state index is 0.274. The second-order valence-corrected chi connectivity index (χ2v) is 5.25. The van der Waals surface area contributed by atoms with Crippen LogP contribution >= 0.6 is 0 Å². The van der Waals surface area contributed by atoms with Crippen LogP contribution in [0.2, 0.25) is 0 Å². The highest BCUT2D eigenvalue weighted by Gasteiger charge is 2.38. The van der Waals surface area contributed by atoms with Crippen molar-refractivity contribution in [1.82, 2.24) is 0 Å². The van der Waals surface area contributed by atoms with Crippen LogP contribution in [0.15, 0.2) is 36.4 Å². The van der Waals surface area contributed by atoms with Crippen molar-refractivity contribution >= 4 is 17.7 Å². The lowest BCUT2D eigenvalue weighted by molar-refractivity contribution is -0.192. The van der Waals surface area contributed by atoms with Crippen LogP contribution in [0.5, 0.6) is 0 Å². The molecule has 0 unspecified atom stereocenters. The van der Waals surface area contributed by atoms with Crippen LogP contribution in [-0.4, -0.2) is 28.5 Å². The average Bonchev–Trinajstić information content (AvgIpc) is 2.49. The molecule has 0 aliphatic heterocycles. The van der Waals surface area contributed by atoms with Gasteiger partial charge in [-0.1, -0.05) is 18.2 Å². The second-order valence-electron chi connectivity index (χ2n) is 5.25. The summed E-state index contributed by atoms with van der Waals surface area (Å²) in [4.78, 5) is 19.7. The number of carboxylic acid groups (broad SMARTS) is 2. The molecule has 0 spiro atoms. The van der Waals surface area contributed by atoms with E-state index in [0.717, 1.165) is 16.7 Å². The highest BCUT2D eigenvalue weighted by molar-refractivity contribution is 5.90. The summed E-state index contributed by atoms with van der Waals surface area (Å²) in [7, 11) is 0. The zero-order valence-electron chi connectivity index (χ0n) is 13.7. The van der Waals surface area contributed by atoms with E-state index in [4.69, 9.17) is 15.0 Å². The largest absolute Gasteiger partial charge is 0.490 e. The third-order valence-corrected chi connectivity index (χ3v) is 3.13. The van der Waals surface area contributed by atoms with Gasteiger partial charge in [0.25, 0.3) is 0 Å². The second kappa shape index (κ2) is 8.32. The van der Waals surface area contributed by atoms with Gasteiger partial charge < -0.3 is 10.2 Å². The Bertz CT molecular complexity index is 819. The molecule has 26 heavy (non-hydrogen) atoms. The summed E-state index contributed by atoms with van der Waals surface area (Å²) in [5, 5.41) is 18.4. The Balaban J connectivity index is 0.000000412. The Kier molecular flexibility index (Phi) is 6.71.